The molecule has 84 valence electrons. The lowest BCUT2D eigenvalue weighted by atomic mass is 10.1. The lowest BCUT2D eigenvalue weighted by molar-refractivity contribution is 0.805. The molecule has 3 nitrogen and oxygen atoms in total. The van der Waals surface area contributed by atoms with Crippen molar-refractivity contribution in [1.29, 1.82) is 0 Å². The summed E-state index contributed by atoms with van der Waals surface area (Å²) in [6.45, 7) is 0.625. The van der Waals surface area contributed by atoms with E-state index in [0.717, 1.165) is 28.4 Å². The lowest BCUT2D eigenvalue weighted by Gasteiger charge is -2.04. The van der Waals surface area contributed by atoms with Crippen molar-refractivity contribution in [2.75, 3.05) is 6.54 Å². The predicted molar refractivity (Wildman–Crippen MR) is 66.4 cm³/mol. The Bertz CT molecular complexity index is 474. The van der Waals surface area contributed by atoms with E-state index in [0.29, 0.717) is 6.54 Å². The standard InChI is InChI=1S/C12H14ClN3/c1-16-8-15-12(11(16)6-7-14)9-2-4-10(13)5-3-9/h2-5,8H,6-7,14H2,1H3. The lowest BCUT2D eigenvalue weighted by Crippen LogP contribution is -2.07. The van der Waals surface area contributed by atoms with Crippen LogP contribution in [0.1, 0.15) is 5.69 Å². The second-order valence-corrected chi connectivity index (χ2v) is 4.13. The van der Waals surface area contributed by atoms with E-state index in [2.05, 4.69) is 4.98 Å². The molecule has 0 radical (unpaired) electrons. The molecule has 0 fully saturated rings. The molecule has 0 atom stereocenters. The average molecular weight is 236 g/mol. The number of hydrogen-bond donors (Lipinski definition) is 1. The minimum atomic E-state index is 0.625. The van der Waals surface area contributed by atoms with Gasteiger partial charge in [-0.3, -0.25) is 0 Å². The Balaban J connectivity index is 2.43. The van der Waals surface area contributed by atoms with Crippen LogP contribution in [-0.2, 0) is 13.5 Å². The van der Waals surface area contributed by atoms with Gasteiger partial charge in [0.2, 0.25) is 0 Å². The molecule has 0 aliphatic heterocycles. The number of hydrogen-bond acceptors (Lipinski definition) is 2. The summed E-state index contributed by atoms with van der Waals surface area (Å²) in [5, 5.41) is 0.736. The Morgan fingerprint density at radius 1 is 1.31 bits per heavy atom. The summed E-state index contributed by atoms with van der Waals surface area (Å²) in [6.07, 6.45) is 2.64. The van der Waals surface area contributed by atoms with Crippen molar-refractivity contribution in [3.63, 3.8) is 0 Å². The van der Waals surface area contributed by atoms with Crippen LogP contribution in [0.4, 0.5) is 0 Å². The molecule has 0 saturated carbocycles. The average Bonchev–Trinajstić information content (AvgIpc) is 2.63. The Morgan fingerprint density at radius 3 is 2.62 bits per heavy atom. The minimum absolute atomic E-state index is 0.625. The van der Waals surface area contributed by atoms with Crippen molar-refractivity contribution in [3.05, 3.63) is 41.3 Å². The van der Waals surface area contributed by atoms with E-state index in [-0.39, 0.29) is 0 Å². The van der Waals surface area contributed by atoms with Crippen molar-refractivity contribution in [1.82, 2.24) is 9.55 Å². The molecule has 2 N–H and O–H groups in total. The van der Waals surface area contributed by atoms with Gasteiger partial charge in [-0.05, 0) is 18.7 Å². The summed E-state index contributed by atoms with van der Waals surface area (Å²) < 4.78 is 2.01. The van der Waals surface area contributed by atoms with E-state index >= 15 is 0 Å². The van der Waals surface area contributed by atoms with Gasteiger partial charge in [-0.2, -0.15) is 0 Å². The van der Waals surface area contributed by atoms with Crippen LogP contribution in [0, 0.1) is 0 Å². The van der Waals surface area contributed by atoms with Gasteiger partial charge in [-0.25, -0.2) is 4.98 Å². The summed E-state index contributed by atoms with van der Waals surface area (Å²) >= 11 is 5.86. The predicted octanol–water partition coefficient (Wildman–Crippen LogP) is 2.24. The molecule has 4 heteroatoms. The van der Waals surface area contributed by atoms with Gasteiger partial charge in [0.15, 0.2) is 0 Å². The Morgan fingerprint density at radius 2 is 2.00 bits per heavy atom. The highest BCUT2D eigenvalue weighted by atomic mass is 35.5. The number of aryl methyl sites for hydroxylation is 1. The summed E-state index contributed by atoms with van der Waals surface area (Å²) in [4.78, 5) is 4.40. The molecule has 2 rings (SSSR count). The third-order valence-electron chi connectivity index (χ3n) is 2.56. The number of nitrogens with two attached hydrogens (primary N) is 1. The zero-order chi connectivity index (χ0) is 11.5. The highest BCUT2D eigenvalue weighted by Crippen LogP contribution is 2.23. The van der Waals surface area contributed by atoms with Crippen molar-refractivity contribution in [2.24, 2.45) is 12.8 Å². The molecule has 1 aromatic heterocycles. The molecule has 0 aliphatic rings. The van der Waals surface area contributed by atoms with Crippen LogP contribution in [0.2, 0.25) is 5.02 Å². The number of imidazole rings is 1. The molecule has 0 spiro atoms. The first-order chi connectivity index (χ1) is 7.72. The molecular weight excluding hydrogens is 222 g/mol. The molecular formula is C12H14ClN3. The summed E-state index contributed by atoms with van der Waals surface area (Å²) in [6, 6.07) is 7.70. The van der Waals surface area contributed by atoms with Gasteiger partial charge >= 0.3 is 0 Å². The highest BCUT2D eigenvalue weighted by molar-refractivity contribution is 6.30. The van der Waals surface area contributed by atoms with Gasteiger partial charge in [-0.1, -0.05) is 23.7 Å². The van der Waals surface area contributed by atoms with E-state index in [9.17, 15) is 0 Å². The molecule has 1 heterocycles. The van der Waals surface area contributed by atoms with Gasteiger partial charge in [0.25, 0.3) is 0 Å². The number of aromatic nitrogens is 2. The maximum atomic E-state index is 5.86. The quantitative estimate of drug-likeness (QED) is 0.887. The molecule has 0 saturated heterocycles. The monoisotopic (exact) mass is 235 g/mol. The van der Waals surface area contributed by atoms with Crippen molar-refractivity contribution >= 4 is 11.6 Å². The van der Waals surface area contributed by atoms with Gasteiger partial charge < -0.3 is 10.3 Å². The maximum absolute atomic E-state index is 5.86. The molecule has 0 aliphatic carbocycles. The fourth-order valence-corrected chi connectivity index (χ4v) is 1.86. The second kappa shape index (κ2) is 4.68. The maximum Gasteiger partial charge on any atom is 0.0953 e. The van der Waals surface area contributed by atoms with Gasteiger partial charge in [0.05, 0.1) is 12.0 Å². The summed E-state index contributed by atoms with van der Waals surface area (Å²) in [5.41, 5.74) is 8.82. The Hall–Kier alpha value is -1.32. The van der Waals surface area contributed by atoms with E-state index in [1.165, 1.54) is 0 Å². The van der Waals surface area contributed by atoms with Crippen LogP contribution in [0.5, 0.6) is 0 Å². The van der Waals surface area contributed by atoms with Crippen molar-refractivity contribution in [2.45, 2.75) is 6.42 Å². The van der Waals surface area contributed by atoms with Crippen LogP contribution in [0.15, 0.2) is 30.6 Å². The molecule has 16 heavy (non-hydrogen) atoms. The largest absolute Gasteiger partial charge is 0.337 e. The van der Waals surface area contributed by atoms with Crippen LogP contribution >= 0.6 is 11.6 Å². The number of benzene rings is 1. The fraction of sp³-hybridized carbons (Fsp3) is 0.250. The van der Waals surface area contributed by atoms with Crippen LogP contribution in [-0.4, -0.2) is 16.1 Å². The normalized spacial score (nSPS) is 10.7. The second-order valence-electron chi connectivity index (χ2n) is 3.70. The minimum Gasteiger partial charge on any atom is -0.337 e. The van der Waals surface area contributed by atoms with Crippen LogP contribution in [0.25, 0.3) is 11.3 Å². The van der Waals surface area contributed by atoms with Crippen LogP contribution < -0.4 is 5.73 Å². The first-order valence-corrected chi connectivity index (χ1v) is 5.56. The summed E-state index contributed by atoms with van der Waals surface area (Å²) in [5.74, 6) is 0. The van der Waals surface area contributed by atoms with Crippen molar-refractivity contribution < 1.29 is 0 Å². The third-order valence-corrected chi connectivity index (χ3v) is 2.81. The SMILES string of the molecule is Cn1cnc(-c2ccc(Cl)cc2)c1CCN. The number of nitrogens with zero attached hydrogens (tertiary/aromatic N) is 2. The van der Waals surface area contributed by atoms with E-state index in [1.807, 2.05) is 42.2 Å². The first-order valence-electron chi connectivity index (χ1n) is 5.18. The molecule has 1 aromatic carbocycles. The Labute approximate surface area is 99.9 Å². The smallest absolute Gasteiger partial charge is 0.0953 e. The van der Waals surface area contributed by atoms with E-state index in [4.69, 9.17) is 17.3 Å². The van der Waals surface area contributed by atoms with Gasteiger partial charge in [0.1, 0.15) is 0 Å². The zero-order valence-corrected chi connectivity index (χ0v) is 9.91. The van der Waals surface area contributed by atoms with Gasteiger partial charge in [0, 0.05) is 29.7 Å². The first kappa shape index (κ1) is 11.2. The van der Waals surface area contributed by atoms with Crippen LogP contribution in [0.3, 0.4) is 0 Å². The topological polar surface area (TPSA) is 43.8 Å². The molecule has 2 aromatic rings. The number of rotatable bonds is 3. The molecule has 0 unspecified atom stereocenters. The number of halogens is 1. The van der Waals surface area contributed by atoms with E-state index < -0.39 is 0 Å². The molecule has 0 bridgehead atoms. The molecule has 0 amide bonds. The van der Waals surface area contributed by atoms with Gasteiger partial charge in [-0.15, -0.1) is 0 Å². The highest BCUT2D eigenvalue weighted by Gasteiger charge is 2.09. The van der Waals surface area contributed by atoms with Crippen molar-refractivity contribution in [3.8, 4) is 11.3 Å². The fourth-order valence-electron chi connectivity index (χ4n) is 1.74. The third kappa shape index (κ3) is 2.10. The Kier molecular flexibility index (Phi) is 3.27. The zero-order valence-electron chi connectivity index (χ0n) is 9.15. The van der Waals surface area contributed by atoms with E-state index in [1.54, 1.807) is 0 Å². The summed E-state index contributed by atoms with van der Waals surface area (Å²) in [7, 11) is 1.98.